The van der Waals surface area contributed by atoms with Crippen molar-refractivity contribution in [2.45, 2.75) is 33.1 Å². The monoisotopic (exact) mass is 187 g/mol. The Hall–Kier alpha value is -1.11. The number of allylic oxidation sites excluding steroid dienone is 2. The van der Waals surface area contributed by atoms with Gasteiger partial charge in [0.25, 0.3) is 0 Å². The molecule has 1 aromatic rings. The highest BCUT2D eigenvalue weighted by atomic mass is 14.6. The van der Waals surface area contributed by atoms with Crippen molar-refractivity contribution in [1.82, 2.24) is 4.98 Å². The summed E-state index contributed by atoms with van der Waals surface area (Å²) >= 11 is 0. The van der Waals surface area contributed by atoms with Crippen molar-refractivity contribution in [2.75, 3.05) is 0 Å². The summed E-state index contributed by atoms with van der Waals surface area (Å²) in [7, 11) is 0. The number of nitrogens with zero attached hydrogens (tertiary/aromatic N) is 1. The van der Waals surface area contributed by atoms with Crippen LogP contribution in [0.2, 0.25) is 0 Å². The summed E-state index contributed by atoms with van der Waals surface area (Å²) < 4.78 is 0. The first-order valence-corrected chi connectivity index (χ1v) is 5.39. The zero-order valence-corrected chi connectivity index (χ0v) is 8.96. The van der Waals surface area contributed by atoms with E-state index in [1.165, 1.54) is 30.4 Å². The molecule has 2 rings (SSSR count). The number of pyridine rings is 1. The minimum Gasteiger partial charge on any atom is -0.262 e. The third-order valence-electron chi connectivity index (χ3n) is 2.86. The van der Waals surface area contributed by atoms with Gasteiger partial charge < -0.3 is 0 Å². The number of aromatic nitrogens is 1. The highest BCUT2D eigenvalue weighted by molar-refractivity contribution is 5.66. The van der Waals surface area contributed by atoms with Gasteiger partial charge in [-0.3, -0.25) is 4.98 Å². The zero-order valence-electron chi connectivity index (χ0n) is 8.96. The van der Waals surface area contributed by atoms with Crippen molar-refractivity contribution in [3.8, 4) is 0 Å². The summed E-state index contributed by atoms with van der Waals surface area (Å²) in [6.45, 7) is 4.35. The molecule has 1 atom stereocenters. The van der Waals surface area contributed by atoms with Crippen LogP contribution in [0.4, 0.5) is 0 Å². The second-order valence-electron chi connectivity index (χ2n) is 4.25. The van der Waals surface area contributed by atoms with E-state index in [-0.39, 0.29) is 0 Å². The van der Waals surface area contributed by atoms with E-state index in [9.17, 15) is 0 Å². The first-order valence-electron chi connectivity index (χ1n) is 5.39. The molecule has 1 aliphatic rings. The molecule has 1 heterocycles. The Kier molecular flexibility index (Phi) is 2.67. The van der Waals surface area contributed by atoms with Crippen molar-refractivity contribution >= 4 is 5.57 Å². The Balaban J connectivity index is 2.30. The smallest absolute Gasteiger partial charge is 0.0378 e. The van der Waals surface area contributed by atoms with Gasteiger partial charge in [-0.2, -0.15) is 0 Å². The number of hydrogen-bond acceptors (Lipinski definition) is 1. The van der Waals surface area contributed by atoms with Gasteiger partial charge in [0.05, 0.1) is 0 Å². The van der Waals surface area contributed by atoms with E-state index < -0.39 is 0 Å². The van der Waals surface area contributed by atoms with Crippen LogP contribution in [-0.4, -0.2) is 4.98 Å². The van der Waals surface area contributed by atoms with E-state index in [0.717, 1.165) is 11.6 Å². The standard InChI is InChI=1S/C13H17N/c1-10-4-3-5-12(8-10)13-6-7-14-11(2)9-13/h6-10H,3-5H2,1-2H3. The van der Waals surface area contributed by atoms with E-state index in [0.29, 0.717) is 0 Å². The molecule has 0 N–H and O–H groups in total. The fourth-order valence-electron chi connectivity index (χ4n) is 2.11. The molecule has 1 unspecified atom stereocenters. The number of aryl methyl sites for hydroxylation is 1. The van der Waals surface area contributed by atoms with Gasteiger partial charge in [-0.05, 0) is 55.4 Å². The molecule has 0 aromatic carbocycles. The summed E-state index contributed by atoms with van der Waals surface area (Å²) in [5, 5.41) is 0. The minimum absolute atomic E-state index is 0.743. The van der Waals surface area contributed by atoms with Crippen LogP contribution in [0, 0.1) is 12.8 Å². The Labute approximate surface area is 85.9 Å². The summed E-state index contributed by atoms with van der Waals surface area (Å²) in [5.74, 6) is 0.743. The SMILES string of the molecule is Cc1cc(C2=CC(C)CCC2)ccn1. The van der Waals surface area contributed by atoms with Crippen LogP contribution >= 0.6 is 0 Å². The molecule has 0 saturated carbocycles. The first kappa shape index (κ1) is 9.45. The first-order chi connectivity index (χ1) is 6.75. The van der Waals surface area contributed by atoms with Gasteiger partial charge in [-0.25, -0.2) is 0 Å². The van der Waals surface area contributed by atoms with Crippen LogP contribution in [-0.2, 0) is 0 Å². The fourth-order valence-corrected chi connectivity index (χ4v) is 2.11. The molecular formula is C13H17N. The van der Waals surface area contributed by atoms with Crippen LogP contribution < -0.4 is 0 Å². The highest BCUT2D eigenvalue weighted by Gasteiger charge is 2.10. The van der Waals surface area contributed by atoms with Crippen LogP contribution in [0.15, 0.2) is 24.4 Å². The lowest BCUT2D eigenvalue weighted by Gasteiger charge is -2.18. The summed E-state index contributed by atoms with van der Waals surface area (Å²) in [6, 6.07) is 4.31. The lowest BCUT2D eigenvalue weighted by molar-refractivity contribution is 0.592. The average molecular weight is 187 g/mol. The molecule has 1 aromatic heterocycles. The Morgan fingerprint density at radius 3 is 3.00 bits per heavy atom. The predicted molar refractivity (Wildman–Crippen MR) is 60.0 cm³/mol. The molecule has 0 aliphatic heterocycles. The maximum absolute atomic E-state index is 4.23. The molecule has 0 amide bonds. The van der Waals surface area contributed by atoms with Crippen LogP contribution in [0.5, 0.6) is 0 Å². The third kappa shape index (κ3) is 2.03. The zero-order chi connectivity index (χ0) is 9.97. The van der Waals surface area contributed by atoms with E-state index >= 15 is 0 Å². The average Bonchev–Trinajstić information content (AvgIpc) is 2.18. The van der Waals surface area contributed by atoms with Gasteiger partial charge in [0, 0.05) is 11.9 Å². The minimum atomic E-state index is 0.743. The maximum atomic E-state index is 4.23. The normalized spacial score (nSPS) is 21.9. The second-order valence-corrected chi connectivity index (χ2v) is 4.25. The van der Waals surface area contributed by atoms with Gasteiger partial charge in [0.15, 0.2) is 0 Å². The molecule has 1 aliphatic carbocycles. The van der Waals surface area contributed by atoms with Gasteiger partial charge in [-0.15, -0.1) is 0 Å². The molecular weight excluding hydrogens is 170 g/mol. The Morgan fingerprint density at radius 2 is 2.29 bits per heavy atom. The highest BCUT2D eigenvalue weighted by Crippen LogP contribution is 2.29. The van der Waals surface area contributed by atoms with Crippen molar-refractivity contribution in [2.24, 2.45) is 5.92 Å². The van der Waals surface area contributed by atoms with Crippen LogP contribution in [0.25, 0.3) is 5.57 Å². The second kappa shape index (κ2) is 3.95. The molecule has 1 heteroatoms. The van der Waals surface area contributed by atoms with E-state index in [1.807, 2.05) is 6.20 Å². The van der Waals surface area contributed by atoms with Gasteiger partial charge in [-0.1, -0.05) is 13.0 Å². The quantitative estimate of drug-likeness (QED) is 0.654. The molecule has 74 valence electrons. The topological polar surface area (TPSA) is 12.9 Å². The maximum Gasteiger partial charge on any atom is 0.0378 e. The van der Waals surface area contributed by atoms with Gasteiger partial charge in [0.2, 0.25) is 0 Å². The van der Waals surface area contributed by atoms with Gasteiger partial charge in [0.1, 0.15) is 0 Å². The summed E-state index contributed by atoms with van der Waals surface area (Å²) in [5.41, 5.74) is 3.99. The Bertz CT molecular complexity index is 352. The van der Waals surface area contributed by atoms with Crippen molar-refractivity contribution in [1.29, 1.82) is 0 Å². The molecule has 0 fully saturated rings. The molecule has 14 heavy (non-hydrogen) atoms. The molecule has 0 saturated heterocycles. The van der Waals surface area contributed by atoms with E-state index in [4.69, 9.17) is 0 Å². The summed E-state index contributed by atoms with van der Waals surface area (Å²) in [6.07, 6.45) is 8.22. The van der Waals surface area contributed by atoms with Crippen LogP contribution in [0.1, 0.15) is 37.4 Å². The largest absolute Gasteiger partial charge is 0.262 e. The predicted octanol–water partition coefficient (Wildman–Crippen LogP) is 3.59. The van der Waals surface area contributed by atoms with Crippen molar-refractivity contribution < 1.29 is 0 Å². The van der Waals surface area contributed by atoms with E-state index in [1.54, 1.807) is 0 Å². The van der Waals surface area contributed by atoms with Crippen molar-refractivity contribution in [3.63, 3.8) is 0 Å². The number of rotatable bonds is 1. The molecule has 0 radical (unpaired) electrons. The van der Waals surface area contributed by atoms with Crippen molar-refractivity contribution in [3.05, 3.63) is 35.7 Å². The third-order valence-corrected chi connectivity index (χ3v) is 2.86. The lowest BCUT2D eigenvalue weighted by atomic mass is 9.88. The molecule has 0 bridgehead atoms. The van der Waals surface area contributed by atoms with E-state index in [2.05, 4.69) is 37.0 Å². The van der Waals surface area contributed by atoms with Gasteiger partial charge >= 0.3 is 0 Å². The summed E-state index contributed by atoms with van der Waals surface area (Å²) in [4.78, 5) is 4.23. The Morgan fingerprint density at radius 1 is 1.43 bits per heavy atom. The molecule has 1 nitrogen and oxygen atoms in total. The fraction of sp³-hybridized carbons (Fsp3) is 0.462. The number of hydrogen-bond donors (Lipinski definition) is 0. The lowest BCUT2D eigenvalue weighted by Crippen LogP contribution is -2.00. The van der Waals surface area contributed by atoms with Crippen LogP contribution in [0.3, 0.4) is 0 Å². The molecule has 0 spiro atoms.